The Balaban J connectivity index is 3.28. The fourth-order valence-corrected chi connectivity index (χ4v) is 2.89. The van der Waals surface area contributed by atoms with Gasteiger partial charge in [-0.1, -0.05) is 39.0 Å². The van der Waals surface area contributed by atoms with E-state index in [1.807, 2.05) is 0 Å². The first-order valence-electron chi connectivity index (χ1n) is 5.37. The van der Waals surface area contributed by atoms with Crippen molar-refractivity contribution in [3.05, 3.63) is 30.3 Å². The number of halogens is 2. The van der Waals surface area contributed by atoms with Crippen molar-refractivity contribution in [1.29, 1.82) is 0 Å². The number of aliphatic hydroxyl groups excluding tert-OH is 1. The van der Waals surface area contributed by atoms with Gasteiger partial charge in [0, 0.05) is 0 Å². The van der Waals surface area contributed by atoms with Gasteiger partial charge in [0.05, 0.1) is 4.90 Å². The average Bonchev–Trinajstić information content (AvgIpc) is 2.27. The molecule has 6 heteroatoms. The minimum absolute atomic E-state index is 0.502. The summed E-state index contributed by atoms with van der Waals surface area (Å²) >= 11 is 0. The second kappa shape index (κ2) is 4.59. The van der Waals surface area contributed by atoms with Crippen LogP contribution in [0.1, 0.15) is 20.8 Å². The quantitative estimate of drug-likeness (QED) is 0.924. The summed E-state index contributed by atoms with van der Waals surface area (Å²) in [7, 11) is -4.90. The third-order valence-corrected chi connectivity index (χ3v) is 4.38. The van der Waals surface area contributed by atoms with Gasteiger partial charge in [-0.25, -0.2) is 8.42 Å². The van der Waals surface area contributed by atoms with Crippen molar-refractivity contribution in [2.45, 2.75) is 37.0 Å². The highest BCUT2D eigenvalue weighted by Crippen LogP contribution is 2.39. The second-order valence-corrected chi connectivity index (χ2v) is 7.17. The van der Waals surface area contributed by atoms with E-state index in [4.69, 9.17) is 0 Å². The highest BCUT2D eigenvalue weighted by Gasteiger charge is 2.56. The van der Waals surface area contributed by atoms with Crippen molar-refractivity contribution < 1.29 is 22.3 Å². The van der Waals surface area contributed by atoms with Crippen LogP contribution in [0.2, 0.25) is 0 Å². The van der Waals surface area contributed by atoms with E-state index in [0.717, 1.165) is 12.1 Å². The Hall–Kier alpha value is -1.01. The predicted octanol–water partition coefficient (Wildman–Crippen LogP) is 2.46. The van der Waals surface area contributed by atoms with Gasteiger partial charge in [0.15, 0.2) is 0 Å². The largest absolute Gasteiger partial charge is 0.385 e. The molecule has 0 saturated carbocycles. The zero-order chi connectivity index (χ0) is 14.2. The molecule has 1 rings (SSSR count). The van der Waals surface area contributed by atoms with E-state index in [2.05, 4.69) is 0 Å². The molecule has 0 bridgehead atoms. The van der Waals surface area contributed by atoms with Gasteiger partial charge in [0.1, 0.15) is 6.10 Å². The van der Waals surface area contributed by atoms with Gasteiger partial charge >= 0.3 is 5.25 Å². The van der Waals surface area contributed by atoms with Crippen molar-refractivity contribution in [2.75, 3.05) is 0 Å². The summed E-state index contributed by atoms with van der Waals surface area (Å²) in [6, 6.07) is 6.40. The Morgan fingerprint density at radius 2 is 1.56 bits per heavy atom. The van der Waals surface area contributed by atoms with Gasteiger partial charge in [0.2, 0.25) is 9.84 Å². The number of aliphatic hydroxyl groups is 1. The lowest BCUT2D eigenvalue weighted by atomic mass is 9.89. The first-order valence-corrected chi connectivity index (χ1v) is 6.85. The van der Waals surface area contributed by atoms with Crippen LogP contribution in [0.4, 0.5) is 8.78 Å². The lowest BCUT2D eigenvalue weighted by Gasteiger charge is -2.32. The summed E-state index contributed by atoms with van der Waals surface area (Å²) in [6.45, 7) is 4.06. The molecular formula is C12H16F2O3S. The first-order chi connectivity index (χ1) is 8.01. The summed E-state index contributed by atoms with van der Waals surface area (Å²) in [6.07, 6.45) is -2.28. The normalized spacial score (nSPS) is 15.4. The number of hydrogen-bond donors (Lipinski definition) is 1. The highest BCUT2D eigenvalue weighted by atomic mass is 32.2. The van der Waals surface area contributed by atoms with Crippen LogP contribution in [0.25, 0.3) is 0 Å². The molecule has 3 nitrogen and oxygen atoms in total. The molecule has 1 atom stereocenters. The monoisotopic (exact) mass is 278 g/mol. The molecule has 0 unspecified atom stereocenters. The van der Waals surface area contributed by atoms with E-state index in [0.29, 0.717) is 0 Å². The van der Waals surface area contributed by atoms with Gasteiger partial charge in [0.25, 0.3) is 0 Å². The van der Waals surface area contributed by atoms with E-state index in [1.54, 1.807) is 0 Å². The number of benzene rings is 1. The average molecular weight is 278 g/mol. The number of sulfone groups is 1. The maximum atomic E-state index is 13.9. The highest BCUT2D eigenvalue weighted by molar-refractivity contribution is 7.92. The van der Waals surface area contributed by atoms with E-state index in [-0.39, 0.29) is 0 Å². The molecule has 0 spiro atoms. The Morgan fingerprint density at radius 3 is 1.94 bits per heavy atom. The number of rotatable bonds is 3. The SMILES string of the molecule is CC(C)(C)[C@H](O)C(F)(F)S(=O)(=O)c1ccccc1. The van der Waals surface area contributed by atoms with Crippen LogP contribution in [-0.2, 0) is 9.84 Å². The molecular weight excluding hydrogens is 262 g/mol. The van der Waals surface area contributed by atoms with Crippen molar-refractivity contribution in [3.63, 3.8) is 0 Å². The molecule has 18 heavy (non-hydrogen) atoms. The zero-order valence-corrected chi connectivity index (χ0v) is 11.2. The molecule has 0 radical (unpaired) electrons. The van der Waals surface area contributed by atoms with Crippen LogP contribution >= 0.6 is 0 Å². The van der Waals surface area contributed by atoms with Crippen molar-refractivity contribution in [3.8, 4) is 0 Å². The van der Waals surface area contributed by atoms with Crippen molar-refractivity contribution in [2.24, 2.45) is 5.41 Å². The fourth-order valence-electron chi connectivity index (χ4n) is 1.41. The molecule has 0 fully saturated rings. The summed E-state index contributed by atoms with van der Waals surface area (Å²) in [4.78, 5) is -0.502. The fraction of sp³-hybridized carbons (Fsp3) is 0.500. The van der Waals surface area contributed by atoms with E-state index in [9.17, 15) is 22.3 Å². The van der Waals surface area contributed by atoms with Crippen LogP contribution in [0.5, 0.6) is 0 Å². The number of hydrogen-bond acceptors (Lipinski definition) is 3. The van der Waals surface area contributed by atoms with Crippen LogP contribution in [0, 0.1) is 5.41 Å². The van der Waals surface area contributed by atoms with Gasteiger partial charge in [-0.3, -0.25) is 0 Å². The van der Waals surface area contributed by atoms with E-state index >= 15 is 0 Å². The Labute approximate surface area is 105 Å². The van der Waals surface area contributed by atoms with Crippen molar-refractivity contribution >= 4 is 9.84 Å². The third-order valence-electron chi connectivity index (χ3n) is 2.55. The zero-order valence-electron chi connectivity index (χ0n) is 10.4. The van der Waals surface area contributed by atoms with Crippen LogP contribution in [-0.4, -0.2) is 24.9 Å². The molecule has 1 aromatic carbocycles. The topological polar surface area (TPSA) is 54.4 Å². The van der Waals surface area contributed by atoms with Crippen molar-refractivity contribution in [1.82, 2.24) is 0 Å². The molecule has 0 aromatic heterocycles. The lowest BCUT2D eigenvalue weighted by molar-refractivity contribution is -0.0934. The molecule has 0 aliphatic heterocycles. The van der Waals surface area contributed by atoms with E-state index < -0.39 is 31.5 Å². The molecule has 102 valence electrons. The van der Waals surface area contributed by atoms with Gasteiger partial charge in [-0.2, -0.15) is 8.78 Å². The standard InChI is InChI=1S/C12H16F2O3S/c1-11(2,3)10(15)12(13,14)18(16,17)9-7-5-4-6-8-9/h4-8,10,15H,1-3H3/t10-/m0/s1. The van der Waals surface area contributed by atoms with Crippen LogP contribution in [0.3, 0.4) is 0 Å². The smallest absolute Gasteiger partial charge is 0.375 e. The Kier molecular flexibility index (Phi) is 3.83. The minimum Gasteiger partial charge on any atom is -0.385 e. The third kappa shape index (κ3) is 2.54. The molecule has 0 amide bonds. The van der Waals surface area contributed by atoms with Gasteiger partial charge in [-0.15, -0.1) is 0 Å². The van der Waals surface area contributed by atoms with E-state index in [1.165, 1.54) is 39.0 Å². The molecule has 1 aromatic rings. The predicted molar refractivity (Wildman–Crippen MR) is 64.0 cm³/mol. The van der Waals surface area contributed by atoms with Gasteiger partial charge < -0.3 is 5.11 Å². The Bertz CT molecular complexity index is 504. The molecule has 0 aliphatic rings. The molecule has 0 heterocycles. The second-order valence-electron chi connectivity index (χ2n) is 5.15. The van der Waals surface area contributed by atoms with Crippen LogP contribution in [0.15, 0.2) is 35.2 Å². The minimum atomic E-state index is -4.90. The molecule has 1 N–H and O–H groups in total. The summed E-state index contributed by atoms with van der Waals surface area (Å²) in [5, 5.41) is 5.35. The maximum absolute atomic E-state index is 13.9. The molecule has 0 saturated heterocycles. The lowest BCUT2D eigenvalue weighted by Crippen LogP contribution is -2.48. The van der Waals surface area contributed by atoms with Crippen LogP contribution < -0.4 is 0 Å². The first kappa shape index (κ1) is 15.0. The summed E-state index contributed by atoms with van der Waals surface area (Å²) in [5.41, 5.74) is -1.24. The summed E-state index contributed by atoms with van der Waals surface area (Å²) < 4.78 is 51.5. The number of alkyl halides is 2. The maximum Gasteiger partial charge on any atom is 0.375 e. The van der Waals surface area contributed by atoms with Gasteiger partial charge in [-0.05, 0) is 17.5 Å². The summed E-state index contributed by atoms with van der Waals surface area (Å²) in [5.74, 6) is 0. The molecule has 0 aliphatic carbocycles. The Morgan fingerprint density at radius 1 is 1.11 bits per heavy atom.